The van der Waals surface area contributed by atoms with Gasteiger partial charge in [-0.05, 0) is 33.3 Å². The van der Waals surface area contributed by atoms with E-state index in [0.717, 1.165) is 26.1 Å². The number of amides is 1. The van der Waals surface area contributed by atoms with Gasteiger partial charge in [-0.25, -0.2) is 0 Å². The van der Waals surface area contributed by atoms with Crippen molar-refractivity contribution < 1.29 is 9.59 Å². The molecular weight excluding hydrogens is 276 g/mol. The highest BCUT2D eigenvalue weighted by Gasteiger charge is 2.31. The van der Waals surface area contributed by atoms with Crippen LogP contribution >= 0.6 is 0 Å². The molecule has 1 heterocycles. The molecule has 1 saturated heterocycles. The summed E-state index contributed by atoms with van der Waals surface area (Å²) >= 11 is 0. The lowest BCUT2D eigenvalue weighted by atomic mass is 10.0. The van der Waals surface area contributed by atoms with Crippen LogP contribution in [0.3, 0.4) is 0 Å². The molecule has 1 aliphatic rings. The second-order valence-corrected chi connectivity index (χ2v) is 6.25. The molecule has 1 amide bonds. The van der Waals surface area contributed by atoms with Crippen molar-refractivity contribution in [2.45, 2.75) is 46.2 Å². The summed E-state index contributed by atoms with van der Waals surface area (Å²) in [6, 6.07) is 8.00. The first-order valence-corrected chi connectivity index (χ1v) is 8.10. The Morgan fingerprint density at radius 1 is 1.18 bits per heavy atom. The van der Waals surface area contributed by atoms with Crippen LogP contribution in [-0.2, 0) is 0 Å². The molecule has 0 unspecified atom stereocenters. The van der Waals surface area contributed by atoms with Gasteiger partial charge in [-0.2, -0.15) is 0 Å². The van der Waals surface area contributed by atoms with Crippen LogP contribution in [0, 0.1) is 0 Å². The number of ketones is 1. The van der Waals surface area contributed by atoms with Gasteiger partial charge in [0.1, 0.15) is 0 Å². The SMILES string of the molecule is CC[C@@H]1CN(C(=O)c2ccccc2C(C)=O)CCN1C(C)C. The number of hydrogen-bond acceptors (Lipinski definition) is 3. The third-order valence-corrected chi connectivity index (χ3v) is 4.49. The molecule has 22 heavy (non-hydrogen) atoms. The first-order chi connectivity index (χ1) is 10.5. The molecule has 4 heteroatoms. The van der Waals surface area contributed by atoms with Crippen LogP contribution in [-0.4, -0.2) is 53.2 Å². The Kier molecular flexibility index (Phi) is 5.35. The van der Waals surface area contributed by atoms with Crippen molar-refractivity contribution in [1.82, 2.24) is 9.80 Å². The maximum atomic E-state index is 12.8. The number of nitrogens with zero attached hydrogens (tertiary/aromatic N) is 2. The van der Waals surface area contributed by atoms with Crippen molar-refractivity contribution in [2.75, 3.05) is 19.6 Å². The molecule has 1 aromatic rings. The number of Topliss-reactive ketones (excluding diaryl/α,β-unsaturated/α-hetero) is 1. The Bertz CT molecular complexity index is 554. The molecule has 1 fully saturated rings. The minimum Gasteiger partial charge on any atom is -0.336 e. The lowest BCUT2D eigenvalue weighted by molar-refractivity contribution is 0.0370. The molecule has 0 bridgehead atoms. The Hall–Kier alpha value is -1.68. The third kappa shape index (κ3) is 3.38. The van der Waals surface area contributed by atoms with Crippen molar-refractivity contribution in [1.29, 1.82) is 0 Å². The number of benzene rings is 1. The largest absolute Gasteiger partial charge is 0.336 e. The summed E-state index contributed by atoms with van der Waals surface area (Å²) in [7, 11) is 0. The normalized spacial score (nSPS) is 19.5. The average molecular weight is 302 g/mol. The van der Waals surface area contributed by atoms with Crippen molar-refractivity contribution in [3.63, 3.8) is 0 Å². The predicted molar refractivity (Wildman–Crippen MR) is 88.3 cm³/mol. The molecule has 4 nitrogen and oxygen atoms in total. The van der Waals surface area contributed by atoms with Crippen LogP contribution in [0.15, 0.2) is 24.3 Å². The monoisotopic (exact) mass is 302 g/mol. The Labute approximate surface area is 133 Å². The smallest absolute Gasteiger partial charge is 0.254 e. The number of piperazine rings is 1. The number of hydrogen-bond donors (Lipinski definition) is 0. The number of carbonyl (C=O) groups is 2. The Morgan fingerprint density at radius 3 is 2.36 bits per heavy atom. The fourth-order valence-corrected chi connectivity index (χ4v) is 3.24. The van der Waals surface area contributed by atoms with Gasteiger partial charge in [-0.1, -0.05) is 25.1 Å². The summed E-state index contributed by atoms with van der Waals surface area (Å²) in [6.45, 7) is 10.4. The molecule has 1 atom stereocenters. The maximum Gasteiger partial charge on any atom is 0.254 e. The minimum atomic E-state index is -0.0585. The molecule has 1 aliphatic heterocycles. The number of carbonyl (C=O) groups excluding carboxylic acids is 2. The van der Waals surface area contributed by atoms with E-state index in [-0.39, 0.29) is 11.7 Å². The van der Waals surface area contributed by atoms with E-state index in [1.165, 1.54) is 6.92 Å². The molecule has 0 saturated carbocycles. The molecule has 0 aliphatic carbocycles. The first kappa shape index (κ1) is 16.7. The van der Waals surface area contributed by atoms with E-state index in [4.69, 9.17) is 0 Å². The van der Waals surface area contributed by atoms with Crippen LogP contribution < -0.4 is 0 Å². The highest BCUT2D eigenvalue weighted by molar-refractivity contribution is 6.07. The second kappa shape index (κ2) is 7.05. The van der Waals surface area contributed by atoms with Crippen LogP contribution in [0.25, 0.3) is 0 Å². The Balaban J connectivity index is 2.19. The van der Waals surface area contributed by atoms with Crippen molar-refractivity contribution in [3.8, 4) is 0 Å². The van der Waals surface area contributed by atoms with Gasteiger partial charge in [0.25, 0.3) is 5.91 Å². The molecule has 120 valence electrons. The maximum absolute atomic E-state index is 12.8. The third-order valence-electron chi connectivity index (χ3n) is 4.49. The van der Waals surface area contributed by atoms with E-state index < -0.39 is 0 Å². The summed E-state index contributed by atoms with van der Waals surface area (Å²) in [5, 5.41) is 0. The van der Waals surface area contributed by atoms with E-state index in [2.05, 4.69) is 25.7 Å². The quantitative estimate of drug-likeness (QED) is 0.803. The van der Waals surface area contributed by atoms with Gasteiger partial charge in [0.15, 0.2) is 5.78 Å². The molecule has 1 aromatic carbocycles. The summed E-state index contributed by atoms with van der Waals surface area (Å²) in [4.78, 5) is 28.9. The van der Waals surface area contributed by atoms with Crippen LogP contribution in [0.2, 0.25) is 0 Å². The predicted octanol–water partition coefficient (Wildman–Crippen LogP) is 2.83. The van der Waals surface area contributed by atoms with Crippen LogP contribution in [0.5, 0.6) is 0 Å². The standard InChI is InChI=1S/C18H26N2O2/c1-5-15-12-19(10-11-20(15)13(2)3)18(22)17-9-7-6-8-16(17)14(4)21/h6-9,13,15H,5,10-12H2,1-4H3/t15-/m1/s1. The molecule has 0 radical (unpaired) electrons. The highest BCUT2D eigenvalue weighted by Crippen LogP contribution is 2.19. The molecule has 2 rings (SSSR count). The van der Waals surface area contributed by atoms with E-state index >= 15 is 0 Å². The van der Waals surface area contributed by atoms with E-state index in [1.54, 1.807) is 18.2 Å². The lowest BCUT2D eigenvalue weighted by Crippen LogP contribution is -2.56. The summed E-state index contributed by atoms with van der Waals surface area (Å²) in [6.07, 6.45) is 1.02. The second-order valence-electron chi connectivity index (χ2n) is 6.25. The van der Waals surface area contributed by atoms with Gasteiger partial charge in [0, 0.05) is 37.3 Å². The van der Waals surface area contributed by atoms with Gasteiger partial charge in [0.05, 0.1) is 5.56 Å². The van der Waals surface area contributed by atoms with E-state index in [1.807, 2.05) is 11.0 Å². The lowest BCUT2D eigenvalue weighted by Gasteiger charge is -2.43. The number of rotatable bonds is 4. The molecule has 0 aromatic heterocycles. The molecular formula is C18H26N2O2. The fourth-order valence-electron chi connectivity index (χ4n) is 3.24. The van der Waals surface area contributed by atoms with Crippen molar-refractivity contribution in [2.24, 2.45) is 0 Å². The van der Waals surface area contributed by atoms with Crippen molar-refractivity contribution >= 4 is 11.7 Å². The fraction of sp³-hybridized carbons (Fsp3) is 0.556. The molecule has 0 spiro atoms. The highest BCUT2D eigenvalue weighted by atomic mass is 16.2. The Morgan fingerprint density at radius 2 is 1.82 bits per heavy atom. The zero-order valence-corrected chi connectivity index (χ0v) is 14.0. The average Bonchev–Trinajstić information content (AvgIpc) is 2.53. The van der Waals surface area contributed by atoms with Crippen LogP contribution in [0.4, 0.5) is 0 Å². The zero-order valence-electron chi connectivity index (χ0n) is 14.0. The van der Waals surface area contributed by atoms with Gasteiger partial charge in [-0.3, -0.25) is 14.5 Å². The van der Waals surface area contributed by atoms with Gasteiger partial charge < -0.3 is 4.90 Å². The topological polar surface area (TPSA) is 40.6 Å². The van der Waals surface area contributed by atoms with E-state index in [9.17, 15) is 9.59 Å². The van der Waals surface area contributed by atoms with Gasteiger partial charge >= 0.3 is 0 Å². The minimum absolute atomic E-state index is 0.0207. The van der Waals surface area contributed by atoms with E-state index in [0.29, 0.717) is 23.2 Å². The van der Waals surface area contributed by atoms with Gasteiger partial charge in [0.2, 0.25) is 0 Å². The summed E-state index contributed by atoms with van der Waals surface area (Å²) in [5.41, 5.74) is 1.05. The molecule has 0 N–H and O–H groups in total. The van der Waals surface area contributed by atoms with Crippen LogP contribution in [0.1, 0.15) is 54.8 Å². The van der Waals surface area contributed by atoms with Gasteiger partial charge in [-0.15, -0.1) is 0 Å². The summed E-state index contributed by atoms with van der Waals surface area (Å²) in [5.74, 6) is -0.0792. The first-order valence-electron chi connectivity index (χ1n) is 8.10. The zero-order chi connectivity index (χ0) is 16.3. The van der Waals surface area contributed by atoms with Crippen molar-refractivity contribution in [3.05, 3.63) is 35.4 Å². The summed E-state index contributed by atoms with van der Waals surface area (Å²) < 4.78 is 0.